The summed E-state index contributed by atoms with van der Waals surface area (Å²) in [5, 5.41) is 1.18. The number of aromatic nitrogens is 1. The third-order valence-electron chi connectivity index (χ3n) is 4.42. The molecular weight excluding hydrogens is 312 g/mol. The zero-order valence-electron chi connectivity index (χ0n) is 14.0. The molecule has 2 saturated heterocycles. The monoisotopic (exact) mass is 338 g/mol. The normalized spacial score (nSPS) is 20.3. The molecule has 2 aliphatic heterocycles. The van der Waals surface area contributed by atoms with E-state index < -0.39 is 0 Å². The lowest BCUT2D eigenvalue weighted by Gasteiger charge is -2.38. The fraction of sp³-hybridized carbons (Fsp3) is 0.750. The summed E-state index contributed by atoms with van der Waals surface area (Å²) in [5.74, 6) is 0.546. The molecule has 0 aromatic carbocycles. The number of piperazine rings is 1. The number of morpholine rings is 1. The second kappa shape index (κ2) is 7.59. The van der Waals surface area contributed by atoms with Gasteiger partial charge in [-0.1, -0.05) is 13.8 Å². The Morgan fingerprint density at radius 2 is 1.83 bits per heavy atom. The summed E-state index contributed by atoms with van der Waals surface area (Å²) in [5.41, 5.74) is 0. The minimum absolute atomic E-state index is 0.171. The fourth-order valence-corrected chi connectivity index (χ4v) is 3.87. The average molecular weight is 338 g/mol. The SMILES string of the molecule is CC(C)c1cnc(CN2CCN(C(=O)N3CCOCC3)CC2)s1. The molecule has 0 saturated carbocycles. The van der Waals surface area contributed by atoms with E-state index in [1.165, 1.54) is 9.88 Å². The molecule has 0 unspecified atom stereocenters. The molecule has 2 fully saturated rings. The first-order valence-electron chi connectivity index (χ1n) is 8.42. The van der Waals surface area contributed by atoms with Gasteiger partial charge in [0.2, 0.25) is 0 Å². The highest BCUT2D eigenvalue weighted by Crippen LogP contribution is 2.23. The number of carbonyl (C=O) groups is 1. The zero-order valence-corrected chi connectivity index (χ0v) is 14.8. The zero-order chi connectivity index (χ0) is 16.2. The van der Waals surface area contributed by atoms with Gasteiger partial charge in [0.25, 0.3) is 0 Å². The van der Waals surface area contributed by atoms with Crippen LogP contribution in [0.3, 0.4) is 0 Å². The van der Waals surface area contributed by atoms with E-state index in [1.807, 2.05) is 27.3 Å². The highest BCUT2D eigenvalue weighted by Gasteiger charge is 2.26. The number of nitrogens with zero attached hydrogens (tertiary/aromatic N) is 4. The number of thiazole rings is 1. The Bertz CT molecular complexity index is 520. The van der Waals surface area contributed by atoms with Gasteiger partial charge in [-0.3, -0.25) is 4.90 Å². The van der Waals surface area contributed by atoms with E-state index in [0.29, 0.717) is 19.1 Å². The van der Waals surface area contributed by atoms with E-state index in [-0.39, 0.29) is 6.03 Å². The van der Waals surface area contributed by atoms with Crippen LogP contribution in [0.1, 0.15) is 29.7 Å². The maximum atomic E-state index is 12.5. The highest BCUT2D eigenvalue weighted by atomic mass is 32.1. The molecular formula is C16H26N4O2S. The third-order valence-corrected chi connectivity index (χ3v) is 5.71. The lowest BCUT2D eigenvalue weighted by Crippen LogP contribution is -2.54. The first-order chi connectivity index (χ1) is 11.1. The number of amides is 2. The second-order valence-corrected chi connectivity index (χ2v) is 7.60. The Balaban J connectivity index is 1.47. The largest absolute Gasteiger partial charge is 0.378 e. The molecule has 3 rings (SSSR count). The van der Waals surface area contributed by atoms with Crippen molar-refractivity contribution >= 4 is 17.4 Å². The maximum absolute atomic E-state index is 12.5. The summed E-state index contributed by atoms with van der Waals surface area (Å²) in [6.45, 7) is 11.5. The van der Waals surface area contributed by atoms with Crippen molar-refractivity contribution in [1.82, 2.24) is 19.7 Å². The van der Waals surface area contributed by atoms with Crippen LogP contribution in [0.4, 0.5) is 4.79 Å². The van der Waals surface area contributed by atoms with E-state index in [2.05, 4.69) is 23.7 Å². The summed E-state index contributed by atoms with van der Waals surface area (Å²) in [4.78, 5) is 24.6. The van der Waals surface area contributed by atoms with Crippen LogP contribution in [0.5, 0.6) is 0 Å². The van der Waals surface area contributed by atoms with Gasteiger partial charge >= 0.3 is 6.03 Å². The van der Waals surface area contributed by atoms with E-state index in [0.717, 1.165) is 45.8 Å². The predicted octanol–water partition coefficient (Wildman–Crippen LogP) is 1.84. The molecule has 6 nitrogen and oxygen atoms in total. The molecule has 1 aromatic rings. The number of urea groups is 1. The Labute approximate surface area is 142 Å². The first-order valence-corrected chi connectivity index (χ1v) is 9.23. The molecule has 2 amide bonds. The van der Waals surface area contributed by atoms with Crippen molar-refractivity contribution in [3.8, 4) is 0 Å². The number of ether oxygens (including phenoxy) is 1. The summed E-state index contributed by atoms with van der Waals surface area (Å²) in [6.07, 6.45) is 2.00. The summed E-state index contributed by atoms with van der Waals surface area (Å²) in [6, 6.07) is 0.171. The fourth-order valence-electron chi connectivity index (χ4n) is 2.91. The molecule has 0 radical (unpaired) electrons. The van der Waals surface area contributed by atoms with Gasteiger partial charge in [-0.25, -0.2) is 9.78 Å². The lowest BCUT2D eigenvalue weighted by molar-refractivity contribution is 0.0373. The Morgan fingerprint density at radius 3 is 2.43 bits per heavy atom. The molecule has 2 aliphatic rings. The predicted molar refractivity (Wildman–Crippen MR) is 90.8 cm³/mol. The molecule has 0 N–H and O–H groups in total. The summed E-state index contributed by atoms with van der Waals surface area (Å²) in [7, 11) is 0. The molecule has 3 heterocycles. The molecule has 128 valence electrons. The minimum Gasteiger partial charge on any atom is -0.378 e. The first kappa shape index (κ1) is 16.7. The Kier molecular flexibility index (Phi) is 5.50. The van der Waals surface area contributed by atoms with Gasteiger partial charge in [0.05, 0.1) is 19.8 Å². The van der Waals surface area contributed by atoms with E-state index in [4.69, 9.17) is 4.74 Å². The third kappa shape index (κ3) is 4.22. The average Bonchev–Trinajstić information content (AvgIpc) is 3.04. The molecule has 0 spiro atoms. The standard InChI is InChI=1S/C16H26N4O2S/c1-13(2)14-11-17-15(23-14)12-18-3-5-19(6-4-18)16(21)20-7-9-22-10-8-20/h11,13H,3-10,12H2,1-2H3. The highest BCUT2D eigenvalue weighted by molar-refractivity contribution is 7.11. The number of hydrogen-bond acceptors (Lipinski definition) is 5. The van der Waals surface area contributed by atoms with Gasteiger partial charge in [-0.15, -0.1) is 11.3 Å². The van der Waals surface area contributed by atoms with Crippen molar-refractivity contribution < 1.29 is 9.53 Å². The van der Waals surface area contributed by atoms with E-state index in [1.54, 1.807) is 0 Å². The van der Waals surface area contributed by atoms with Crippen LogP contribution in [0, 0.1) is 0 Å². The van der Waals surface area contributed by atoms with E-state index >= 15 is 0 Å². The summed E-state index contributed by atoms with van der Waals surface area (Å²) >= 11 is 1.81. The van der Waals surface area contributed by atoms with Gasteiger partial charge in [-0.05, 0) is 5.92 Å². The van der Waals surface area contributed by atoms with Crippen LogP contribution >= 0.6 is 11.3 Å². The van der Waals surface area contributed by atoms with E-state index in [9.17, 15) is 4.79 Å². The van der Waals surface area contributed by atoms with Gasteiger partial charge in [0.15, 0.2) is 0 Å². The molecule has 0 bridgehead atoms. The van der Waals surface area contributed by atoms with Gasteiger partial charge in [0, 0.05) is 50.3 Å². The van der Waals surface area contributed by atoms with Crippen molar-refractivity contribution in [2.75, 3.05) is 52.5 Å². The molecule has 0 aliphatic carbocycles. The molecule has 7 heteroatoms. The molecule has 23 heavy (non-hydrogen) atoms. The van der Waals surface area contributed by atoms with Gasteiger partial charge in [0.1, 0.15) is 5.01 Å². The molecule has 0 atom stereocenters. The topological polar surface area (TPSA) is 48.9 Å². The van der Waals surface area contributed by atoms with Crippen molar-refractivity contribution in [3.63, 3.8) is 0 Å². The van der Waals surface area contributed by atoms with Crippen LogP contribution in [-0.2, 0) is 11.3 Å². The number of hydrogen-bond donors (Lipinski definition) is 0. The maximum Gasteiger partial charge on any atom is 0.320 e. The van der Waals surface area contributed by atoms with Crippen LogP contribution < -0.4 is 0 Å². The van der Waals surface area contributed by atoms with Crippen LogP contribution in [-0.4, -0.2) is 78.2 Å². The second-order valence-electron chi connectivity index (χ2n) is 6.46. The smallest absolute Gasteiger partial charge is 0.320 e. The van der Waals surface area contributed by atoms with Crippen LogP contribution in [0.2, 0.25) is 0 Å². The van der Waals surface area contributed by atoms with Crippen molar-refractivity contribution in [3.05, 3.63) is 16.1 Å². The summed E-state index contributed by atoms with van der Waals surface area (Å²) < 4.78 is 5.31. The minimum atomic E-state index is 0.171. The van der Waals surface area contributed by atoms with Crippen molar-refractivity contribution in [2.45, 2.75) is 26.3 Å². The Morgan fingerprint density at radius 1 is 1.17 bits per heavy atom. The van der Waals surface area contributed by atoms with Crippen molar-refractivity contribution in [1.29, 1.82) is 0 Å². The van der Waals surface area contributed by atoms with Gasteiger partial charge in [-0.2, -0.15) is 0 Å². The van der Waals surface area contributed by atoms with Crippen LogP contribution in [0.25, 0.3) is 0 Å². The Hall–Kier alpha value is -1.18. The number of rotatable bonds is 3. The van der Waals surface area contributed by atoms with Gasteiger partial charge < -0.3 is 14.5 Å². The van der Waals surface area contributed by atoms with Crippen molar-refractivity contribution in [2.24, 2.45) is 0 Å². The number of carbonyl (C=O) groups excluding carboxylic acids is 1. The molecule has 1 aromatic heterocycles. The lowest BCUT2D eigenvalue weighted by atomic mass is 10.2. The quantitative estimate of drug-likeness (QED) is 0.844. The van der Waals surface area contributed by atoms with Crippen LogP contribution in [0.15, 0.2) is 6.20 Å².